The molecule has 0 unspecified atom stereocenters. The molecular formula is C24H27N3O4. The number of aliphatic hydroxyl groups is 1. The minimum Gasteiger partial charge on any atom is -0.493 e. The molecule has 7 nitrogen and oxygen atoms in total. The topological polar surface area (TPSA) is 83.9 Å². The van der Waals surface area contributed by atoms with Gasteiger partial charge >= 0.3 is 0 Å². The highest BCUT2D eigenvalue weighted by Gasteiger charge is 2.69. The maximum absolute atomic E-state index is 13.0. The second-order valence-electron chi connectivity index (χ2n) is 9.44. The molecule has 3 heterocycles. The summed E-state index contributed by atoms with van der Waals surface area (Å²) in [6.07, 6.45) is 5.72. The first-order chi connectivity index (χ1) is 15.0. The zero-order valence-corrected chi connectivity index (χ0v) is 17.8. The lowest BCUT2D eigenvalue weighted by Crippen LogP contribution is -2.73. The van der Waals surface area contributed by atoms with Crippen LogP contribution in [-0.2, 0) is 11.8 Å². The number of hydrogen-bond donors (Lipinski definition) is 2. The first-order valence-corrected chi connectivity index (χ1v) is 11.0. The smallest absolute Gasteiger partial charge is 0.255 e. The number of piperidine rings is 1. The number of amides is 1. The SMILES string of the molecule is COc1ccc2c3c1O[C@@H]1[C@]34CCN(C)[C@H](C2)[C@@H]4CC[C@@]1(O)NC(=O)c1cccnc1. The maximum atomic E-state index is 13.0. The highest BCUT2D eigenvalue weighted by atomic mass is 16.5. The first-order valence-electron chi connectivity index (χ1n) is 11.0. The van der Waals surface area contributed by atoms with Crippen molar-refractivity contribution in [2.45, 2.75) is 49.0 Å². The standard InChI is InChI=1S/C24H27N3O4/c1-27-11-9-23-16-7-8-24(29,26-21(28)15-4-3-10-25-13-15)22(23)31-20-18(30-2)6-5-14(19(20)23)12-17(16)27/h3-6,10,13,16-17,22,29H,7-9,11-12H2,1-2H3,(H,26,28)/t16-,17+,22+,23-,24-/m0/s1. The summed E-state index contributed by atoms with van der Waals surface area (Å²) in [5.41, 5.74) is 1.09. The molecule has 1 saturated heterocycles. The molecule has 2 N–H and O–H groups in total. The van der Waals surface area contributed by atoms with Crippen molar-refractivity contribution in [2.24, 2.45) is 5.92 Å². The zero-order chi connectivity index (χ0) is 21.4. The lowest BCUT2D eigenvalue weighted by Gasteiger charge is -2.60. The molecule has 2 aliphatic heterocycles. The van der Waals surface area contributed by atoms with Crippen molar-refractivity contribution in [3.63, 3.8) is 0 Å². The summed E-state index contributed by atoms with van der Waals surface area (Å²) in [6.45, 7) is 0.934. The largest absolute Gasteiger partial charge is 0.493 e. The third kappa shape index (κ3) is 2.41. The molecule has 1 aromatic heterocycles. The van der Waals surface area contributed by atoms with E-state index in [2.05, 4.69) is 28.3 Å². The average molecular weight is 421 g/mol. The van der Waals surface area contributed by atoms with Crippen LogP contribution in [0.4, 0.5) is 0 Å². The molecule has 7 heteroatoms. The summed E-state index contributed by atoms with van der Waals surface area (Å²) >= 11 is 0. The number of carbonyl (C=O) groups is 1. The number of aromatic nitrogens is 1. The lowest BCUT2D eigenvalue weighted by atomic mass is 9.50. The molecule has 2 aliphatic carbocycles. The number of nitrogens with zero attached hydrogens (tertiary/aromatic N) is 2. The Balaban J connectivity index is 1.47. The third-order valence-corrected chi connectivity index (χ3v) is 8.12. The predicted molar refractivity (Wildman–Crippen MR) is 113 cm³/mol. The van der Waals surface area contributed by atoms with Gasteiger partial charge in [0.15, 0.2) is 23.3 Å². The normalized spacial score (nSPS) is 35.1. The summed E-state index contributed by atoms with van der Waals surface area (Å²) in [4.78, 5) is 19.5. The van der Waals surface area contributed by atoms with Gasteiger partial charge < -0.3 is 24.8 Å². The minimum absolute atomic E-state index is 0.330. The van der Waals surface area contributed by atoms with Crippen molar-refractivity contribution in [2.75, 3.05) is 20.7 Å². The van der Waals surface area contributed by atoms with Crippen molar-refractivity contribution in [3.05, 3.63) is 53.3 Å². The number of likely N-dealkylation sites (tertiary alicyclic amines) is 1. The van der Waals surface area contributed by atoms with Crippen LogP contribution in [0.15, 0.2) is 36.7 Å². The Kier molecular flexibility index (Phi) is 3.96. The predicted octanol–water partition coefficient (Wildman–Crippen LogP) is 1.88. The summed E-state index contributed by atoms with van der Waals surface area (Å²) < 4.78 is 12.2. The molecule has 31 heavy (non-hydrogen) atoms. The molecule has 1 spiro atoms. The summed E-state index contributed by atoms with van der Waals surface area (Å²) in [5, 5.41) is 14.8. The Morgan fingerprint density at radius 3 is 3.00 bits per heavy atom. The van der Waals surface area contributed by atoms with Gasteiger partial charge in [0.05, 0.1) is 12.7 Å². The van der Waals surface area contributed by atoms with Crippen LogP contribution < -0.4 is 14.8 Å². The van der Waals surface area contributed by atoms with Crippen LogP contribution in [0.5, 0.6) is 11.5 Å². The molecule has 2 aromatic rings. The summed E-state index contributed by atoms with van der Waals surface area (Å²) in [6, 6.07) is 7.94. The fourth-order valence-electron chi connectivity index (χ4n) is 6.81. The van der Waals surface area contributed by atoms with Crippen molar-refractivity contribution < 1.29 is 19.4 Å². The van der Waals surface area contributed by atoms with Crippen LogP contribution in [0.1, 0.15) is 40.7 Å². The van der Waals surface area contributed by atoms with Gasteiger partial charge in [0.1, 0.15) is 0 Å². The van der Waals surface area contributed by atoms with Gasteiger partial charge in [0.25, 0.3) is 5.91 Å². The molecule has 1 saturated carbocycles. The van der Waals surface area contributed by atoms with Crippen molar-refractivity contribution in [1.82, 2.24) is 15.2 Å². The summed E-state index contributed by atoms with van der Waals surface area (Å²) in [5.74, 6) is 1.47. The minimum atomic E-state index is -1.47. The second kappa shape index (κ2) is 6.43. The number of methoxy groups -OCH3 is 1. The number of hydrogen-bond acceptors (Lipinski definition) is 6. The van der Waals surface area contributed by atoms with Gasteiger partial charge in [-0.25, -0.2) is 0 Å². The van der Waals surface area contributed by atoms with Gasteiger partial charge in [0, 0.05) is 29.4 Å². The van der Waals surface area contributed by atoms with E-state index < -0.39 is 11.8 Å². The number of benzene rings is 1. The molecule has 2 bridgehead atoms. The van der Waals surface area contributed by atoms with E-state index in [1.807, 2.05) is 6.07 Å². The maximum Gasteiger partial charge on any atom is 0.255 e. The van der Waals surface area contributed by atoms with Crippen LogP contribution in [0.3, 0.4) is 0 Å². The summed E-state index contributed by atoms with van der Waals surface area (Å²) in [7, 11) is 3.85. The van der Waals surface area contributed by atoms with E-state index in [4.69, 9.17) is 9.47 Å². The molecule has 6 rings (SSSR count). The van der Waals surface area contributed by atoms with Crippen LogP contribution >= 0.6 is 0 Å². The van der Waals surface area contributed by atoms with Gasteiger partial charge in [-0.15, -0.1) is 0 Å². The molecule has 5 atom stereocenters. The van der Waals surface area contributed by atoms with E-state index in [9.17, 15) is 9.90 Å². The number of ether oxygens (including phenoxy) is 2. The fourth-order valence-corrected chi connectivity index (χ4v) is 6.81. The van der Waals surface area contributed by atoms with Gasteiger partial charge in [-0.05, 0) is 69.0 Å². The molecular weight excluding hydrogens is 394 g/mol. The van der Waals surface area contributed by atoms with Gasteiger partial charge in [-0.3, -0.25) is 9.78 Å². The molecule has 1 aromatic carbocycles. The first kappa shape index (κ1) is 19.1. The van der Waals surface area contributed by atoms with Crippen molar-refractivity contribution in [3.8, 4) is 11.5 Å². The number of nitrogens with one attached hydrogen (secondary N) is 1. The number of rotatable bonds is 3. The van der Waals surface area contributed by atoms with Gasteiger partial charge in [-0.2, -0.15) is 0 Å². The van der Waals surface area contributed by atoms with E-state index >= 15 is 0 Å². The Labute approximate surface area is 181 Å². The third-order valence-electron chi connectivity index (χ3n) is 8.12. The van der Waals surface area contributed by atoms with Crippen molar-refractivity contribution in [1.29, 1.82) is 0 Å². The highest BCUT2D eigenvalue weighted by Crippen LogP contribution is 2.65. The van der Waals surface area contributed by atoms with E-state index in [0.29, 0.717) is 29.7 Å². The second-order valence-corrected chi connectivity index (χ2v) is 9.44. The van der Waals surface area contributed by atoms with Crippen LogP contribution in [0, 0.1) is 5.92 Å². The average Bonchev–Trinajstić information content (AvgIpc) is 3.14. The number of carbonyl (C=O) groups excluding carboxylic acids is 1. The molecule has 2 fully saturated rings. The van der Waals surface area contributed by atoms with E-state index in [-0.39, 0.29) is 11.3 Å². The monoisotopic (exact) mass is 421 g/mol. The van der Waals surface area contributed by atoms with E-state index in [1.165, 1.54) is 17.3 Å². The van der Waals surface area contributed by atoms with Crippen molar-refractivity contribution >= 4 is 5.91 Å². The molecule has 0 radical (unpaired) electrons. The quantitative estimate of drug-likeness (QED) is 0.737. The van der Waals surface area contributed by atoms with Gasteiger partial charge in [-0.1, -0.05) is 6.07 Å². The van der Waals surface area contributed by atoms with E-state index in [0.717, 1.165) is 31.6 Å². The van der Waals surface area contributed by atoms with Crippen LogP contribution in [0.25, 0.3) is 0 Å². The molecule has 1 amide bonds. The Bertz CT molecular complexity index is 1060. The Morgan fingerprint density at radius 1 is 1.35 bits per heavy atom. The number of pyridine rings is 1. The fraction of sp³-hybridized carbons (Fsp3) is 0.500. The van der Waals surface area contributed by atoms with Gasteiger partial charge in [0.2, 0.25) is 0 Å². The number of likely N-dealkylation sites (N-methyl/N-ethyl adjacent to an activating group) is 1. The zero-order valence-electron chi connectivity index (χ0n) is 17.8. The van der Waals surface area contributed by atoms with Crippen LogP contribution in [-0.4, -0.2) is 59.5 Å². The van der Waals surface area contributed by atoms with Crippen LogP contribution in [0.2, 0.25) is 0 Å². The molecule has 162 valence electrons. The molecule has 4 aliphatic rings. The van der Waals surface area contributed by atoms with E-state index in [1.54, 1.807) is 25.4 Å². The highest BCUT2D eigenvalue weighted by molar-refractivity contribution is 5.94. The Morgan fingerprint density at radius 2 is 2.23 bits per heavy atom. The Hall–Kier alpha value is -2.64. The lowest BCUT2D eigenvalue weighted by molar-refractivity contribution is -0.166.